The number of fused-ring (bicyclic) bond motifs is 1. The number of oxazole rings is 1. The molecule has 0 saturated carbocycles. The van der Waals surface area contributed by atoms with Crippen LogP contribution in [0.15, 0.2) is 58.4 Å². The van der Waals surface area contributed by atoms with Crippen LogP contribution < -0.4 is 10.1 Å². The lowest BCUT2D eigenvalue weighted by molar-refractivity contribution is -0.113. The Labute approximate surface area is 164 Å². The van der Waals surface area contributed by atoms with Gasteiger partial charge in [0.1, 0.15) is 17.6 Å². The van der Waals surface area contributed by atoms with Gasteiger partial charge in [-0.3, -0.25) is 9.36 Å². The van der Waals surface area contributed by atoms with Crippen molar-refractivity contribution in [1.29, 1.82) is 0 Å². The van der Waals surface area contributed by atoms with E-state index in [1.165, 1.54) is 11.8 Å². The molecule has 2 aromatic heterocycles. The Kier molecular flexibility index (Phi) is 4.98. The minimum atomic E-state index is -0.145. The van der Waals surface area contributed by atoms with Crippen LogP contribution in [0, 0.1) is 6.92 Å². The van der Waals surface area contributed by atoms with Gasteiger partial charge in [-0.05, 0) is 42.5 Å². The van der Waals surface area contributed by atoms with E-state index in [1.54, 1.807) is 38.6 Å². The number of ether oxygens (including phenoxy) is 1. The first-order valence-electron chi connectivity index (χ1n) is 8.46. The van der Waals surface area contributed by atoms with Gasteiger partial charge in [0.25, 0.3) is 0 Å². The fraction of sp³-hybridized carbons (Fsp3) is 0.158. The molecule has 0 saturated heterocycles. The average Bonchev–Trinajstić information content (AvgIpc) is 3.31. The maximum Gasteiger partial charge on any atom is 0.234 e. The van der Waals surface area contributed by atoms with Crippen molar-refractivity contribution in [1.82, 2.24) is 19.7 Å². The molecule has 1 amide bonds. The summed E-state index contributed by atoms with van der Waals surface area (Å²) in [5.74, 6) is 1.41. The summed E-state index contributed by atoms with van der Waals surface area (Å²) in [6, 6.07) is 12.9. The Bertz CT molecular complexity index is 1120. The van der Waals surface area contributed by atoms with Gasteiger partial charge in [-0.2, -0.15) is 0 Å². The smallest absolute Gasteiger partial charge is 0.234 e. The van der Waals surface area contributed by atoms with Gasteiger partial charge in [-0.1, -0.05) is 11.8 Å². The van der Waals surface area contributed by atoms with Crippen molar-refractivity contribution in [2.24, 2.45) is 0 Å². The molecule has 28 heavy (non-hydrogen) atoms. The van der Waals surface area contributed by atoms with Gasteiger partial charge in [-0.25, -0.2) is 4.98 Å². The normalized spacial score (nSPS) is 10.9. The van der Waals surface area contributed by atoms with Crippen LogP contribution in [0.5, 0.6) is 5.75 Å². The second-order valence-corrected chi connectivity index (χ2v) is 6.88. The largest absolute Gasteiger partial charge is 0.497 e. The predicted molar refractivity (Wildman–Crippen MR) is 106 cm³/mol. The highest BCUT2D eigenvalue weighted by Crippen LogP contribution is 2.23. The number of thioether (sulfide) groups is 1. The zero-order valence-corrected chi connectivity index (χ0v) is 16.1. The molecule has 8 nitrogen and oxygen atoms in total. The van der Waals surface area contributed by atoms with Crippen LogP contribution in [0.2, 0.25) is 0 Å². The molecule has 0 aliphatic rings. The SMILES string of the molecule is COc1ccc(-n2cnnc2SCC(=O)Nc2ccc3oc(C)nc3c2)cc1. The number of methoxy groups -OCH3 is 1. The number of anilines is 1. The van der Waals surface area contributed by atoms with E-state index < -0.39 is 0 Å². The van der Waals surface area contributed by atoms with E-state index in [1.807, 2.05) is 28.8 Å². The van der Waals surface area contributed by atoms with Crippen LogP contribution in [0.3, 0.4) is 0 Å². The number of aromatic nitrogens is 4. The third kappa shape index (κ3) is 3.84. The fourth-order valence-electron chi connectivity index (χ4n) is 2.69. The van der Waals surface area contributed by atoms with Crippen molar-refractivity contribution in [3.05, 3.63) is 54.7 Å². The fourth-order valence-corrected chi connectivity index (χ4v) is 3.42. The van der Waals surface area contributed by atoms with E-state index in [0.717, 1.165) is 11.4 Å². The van der Waals surface area contributed by atoms with Gasteiger partial charge in [0.05, 0.1) is 12.9 Å². The average molecular weight is 395 g/mol. The Balaban J connectivity index is 1.41. The first kappa shape index (κ1) is 18.1. The summed E-state index contributed by atoms with van der Waals surface area (Å²) in [5.41, 5.74) is 2.96. The van der Waals surface area contributed by atoms with Crippen molar-refractivity contribution in [3.63, 3.8) is 0 Å². The molecule has 0 bridgehead atoms. The van der Waals surface area contributed by atoms with E-state index >= 15 is 0 Å². The molecule has 0 aliphatic carbocycles. The zero-order chi connectivity index (χ0) is 19.5. The lowest BCUT2D eigenvalue weighted by atomic mass is 10.3. The van der Waals surface area contributed by atoms with Crippen molar-refractivity contribution < 1.29 is 13.9 Å². The maximum absolute atomic E-state index is 12.3. The Morgan fingerprint density at radius 1 is 1.25 bits per heavy atom. The molecular formula is C19H17N5O3S. The molecule has 2 aromatic carbocycles. The van der Waals surface area contributed by atoms with Crippen LogP contribution in [0.4, 0.5) is 5.69 Å². The van der Waals surface area contributed by atoms with Crippen LogP contribution in [-0.2, 0) is 4.79 Å². The molecule has 2 heterocycles. The van der Waals surface area contributed by atoms with Gasteiger partial charge >= 0.3 is 0 Å². The number of hydrogen-bond acceptors (Lipinski definition) is 7. The molecule has 0 spiro atoms. The van der Waals surface area contributed by atoms with E-state index in [4.69, 9.17) is 9.15 Å². The van der Waals surface area contributed by atoms with Crippen LogP contribution in [0.25, 0.3) is 16.8 Å². The van der Waals surface area contributed by atoms with E-state index in [0.29, 0.717) is 27.8 Å². The Hall–Kier alpha value is -3.33. The number of carbonyl (C=O) groups excluding carboxylic acids is 1. The van der Waals surface area contributed by atoms with Crippen molar-refractivity contribution in [2.45, 2.75) is 12.1 Å². The van der Waals surface area contributed by atoms with Gasteiger partial charge < -0.3 is 14.5 Å². The van der Waals surface area contributed by atoms with Crippen LogP contribution in [0.1, 0.15) is 5.89 Å². The lowest BCUT2D eigenvalue weighted by Gasteiger charge is -2.08. The molecule has 0 fully saturated rings. The van der Waals surface area contributed by atoms with Gasteiger partial charge in [0, 0.05) is 18.3 Å². The second-order valence-electron chi connectivity index (χ2n) is 5.93. The molecule has 1 N–H and O–H groups in total. The zero-order valence-electron chi connectivity index (χ0n) is 15.2. The van der Waals surface area contributed by atoms with Gasteiger partial charge in [0.2, 0.25) is 5.91 Å². The van der Waals surface area contributed by atoms with Gasteiger partial charge in [0.15, 0.2) is 16.6 Å². The third-order valence-corrected chi connectivity index (χ3v) is 4.92. The maximum atomic E-state index is 12.3. The van der Waals surface area contributed by atoms with E-state index in [2.05, 4.69) is 20.5 Å². The molecular weight excluding hydrogens is 378 g/mol. The van der Waals surface area contributed by atoms with E-state index in [-0.39, 0.29) is 11.7 Å². The number of carbonyl (C=O) groups is 1. The molecule has 142 valence electrons. The second kappa shape index (κ2) is 7.73. The lowest BCUT2D eigenvalue weighted by Crippen LogP contribution is -2.14. The van der Waals surface area contributed by atoms with Crippen LogP contribution >= 0.6 is 11.8 Å². The summed E-state index contributed by atoms with van der Waals surface area (Å²) in [7, 11) is 1.62. The number of aryl methyl sites for hydroxylation is 1. The van der Waals surface area contributed by atoms with Gasteiger partial charge in [-0.15, -0.1) is 10.2 Å². The summed E-state index contributed by atoms with van der Waals surface area (Å²) in [5, 5.41) is 11.5. The minimum Gasteiger partial charge on any atom is -0.497 e. The monoisotopic (exact) mass is 395 g/mol. The van der Waals surface area contributed by atoms with Crippen molar-refractivity contribution in [3.8, 4) is 11.4 Å². The molecule has 9 heteroatoms. The third-order valence-electron chi connectivity index (χ3n) is 3.98. The van der Waals surface area contributed by atoms with E-state index in [9.17, 15) is 4.79 Å². The number of benzene rings is 2. The van der Waals surface area contributed by atoms with Crippen molar-refractivity contribution >= 4 is 34.5 Å². The highest BCUT2D eigenvalue weighted by atomic mass is 32.2. The molecule has 0 aliphatic heterocycles. The highest BCUT2D eigenvalue weighted by molar-refractivity contribution is 7.99. The molecule has 4 aromatic rings. The molecule has 0 atom stereocenters. The van der Waals surface area contributed by atoms with Crippen molar-refractivity contribution in [2.75, 3.05) is 18.2 Å². The quantitative estimate of drug-likeness (QED) is 0.500. The number of rotatable bonds is 6. The number of nitrogens with zero attached hydrogens (tertiary/aromatic N) is 4. The summed E-state index contributed by atoms with van der Waals surface area (Å²) in [6.45, 7) is 1.79. The summed E-state index contributed by atoms with van der Waals surface area (Å²) < 4.78 is 12.4. The molecule has 0 unspecified atom stereocenters. The minimum absolute atomic E-state index is 0.145. The van der Waals surface area contributed by atoms with Crippen LogP contribution in [-0.4, -0.2) is 38.5 Å². The number of nitrogens with one attached hydrogen (secondary N) is 1. The first-order valence-corrected chi connectivity index (χ1v) is 9.45. The highest BCUT2D eigenvalue weighted by Gasteiger charge is 2.11. The number of amides is 1. The standard InChI is InChI=1S/C19H17N5O3S/c1-12-21-16-9-13(3-8-17(16)27-12)22-18(25)10-28-19-23-20-11-24(19)14-4-6-15(26-2)7-5-14/h3-9,11H,10H2,1-2H3,(H,22,25). The summed E-state index contributed by atoms with van der Waals surface area (Å²) in [6.07, 6.45) is 1.61. The Morgan fingerprint density at radius 3 is 2.86 bits per heavy atom. The molecule has 0 radical (unpaired) electrons. The topological polar surface area (TPSA) is 95.1 Å². The summed E-state index contributed by atoms with van der Waals surface area (Å²) in [4.78, 5) is 16.6. The Morgan fingerprint density at radius 2 is 2.07 bits per heavy atom. The number of hydrogen-bond donors (Lipinski definition) is 1. The predicted octanol–water partition coefficient (Wildman–Crippen LogP) is 3.46. The first-order chi connectivity index (χ1) is 13.6. The molecule has 4 rings (SSSR count). The summed E-state index contributed by atoms with van der Waals surface area (Å²) >= 11 is 1.31.